The molecule has 4 rings (SSSR count). The number of para-hydroxylation sites is 1. The molecule has 0 atom stereocenters. The Morgan fingerprint density at radius 3 is 2.37 bits per heavy atom. The summed E-state index contributed by atoms with van der Waals surface area (Å²) in [5, 5.41) is 5.72. The third-order valence-corrected chi connectivity index (χ3v) is 5.82. The van der Waals surface area contributed by atoms with Crippen molar-refractivity contribution in [2.24, 2.45) is 0 Å². The van der Waals surface area contributed by atoms with E-state index in [4.69, 9.17) is 9.31 Å². The van der Waals surface area contributed by atoms with Crippen LogP contribution in [0.3, 0.4) is 0 Å². The number of rotatable bonds is 4. The number of H-pyrrole nitrogens is 1. The number of nitrogens with one attached hydrogen (secondary N) is 2. The molecule has 0 saturated carbocycles. The highest BCUT2D eigenvalue weighted by molar-refractivity contribution is 6.56. The maximum atomic E-state index is 6.26. The summed E-state index contributed by atoms with van der Waals surface area (Å²) in [6.07, 6.45) is 2.18. The molecule has 2 heterocycles. The van der Waals surface area contributed by atoms with Gasteiger partial charge in [-0.05, 0) is 64.0 Å². The summed E-state index contributed by atoms with van der Waals surface area (Å²) in [4.78, 5) is 3.48. The van der Waals surface area contributed by atoms with Gasteiger partial charge in [0.15, 0.2) is 0 Å². The van der Waals surface area contributed by atoms with Crippen molar-refractivity contribution < 1.29 is 9.31 Å². The van der Waals surface area contributed by atoms with Gasteiger partial charge in [0.2, 0.25) is 0 Å². The van der Waals surface area contributed by atoms with Crippen LogP contribution in [0.4, 0.5) is 0 Å². The first-order valence-electron chi connectivity index (χ1n) is 9.52. The van der Waals surface area contributed by atoms with Crippen LogP contribution in [0.2, 0.25) is 0 Å². The van der Waals surface area contributed by atoms with Crippen LogP contribution in [0.1, 0.15) is 33.3 Å². The Bertz CT molecular complexity index is 1000. The molecule has 1 saturated heterocycles. The maximum Gasteiger partial charge on any atom is 0.491 e. The number of fused-ring (bicyclic) bond motifs is 3. The van der Waals surface area contributed by atoms with Crippen molar-refractivity contribution in [3.8, 4) is 0 Å². The second-order valence-electron chi connectivity index (χ2n) is 8.31. The van der Waals surface area contributed by atoms with Gasteiger partial charge >= 0.3 is 7.12 Å². The van der Waals surface area contributed by atoms with E-state index in [0.29, 0.717) is 6.54 Å². The first-order valence-corrected chi connectivity index (χ1v) is 9.52. The Kier molecular flexibility index (Phi) is 4.42. The van der Waals surface area contributed by atoms with Crippen molar-refractivity contribution >= 4 is 35.0 Å². The summed E-state index contributed by atoms with van der Waals surface area (Å²) >= 11 is 0. The molecule has 1 aromatic heterocycles. The van der Waals surface area contributed by atoms with Crippen LogP contribution in [0, 0.1) is 0 Å². The largest absolute Gasteiger partial charge is 0.491 e. The predicted octanol–water partition coefficient (Wildman–Crippen LogP) is 4.56. The van der Waals surface area contributed by atoms with Crippen LogP contribution in [0.15, 0.2) is 47.9 Å². The van der Waals surface area contributed by atoms with Crippen LogP contribution in [0.25, 0.3) is 27.9 Å². The van der Waals surface area contributed by atoms with Crippen molar-refractivity contribution in [3.63, 3.8) is 0 Å². The van der Waals surface area contributed by atoms with Gasteiger partial charge in [0.05, 0.1) is 11.2 Å². The standard InChI is InChI=1S/C22H27BN2O2/c1-21(2)22(3,4)27-23(26-21)16(14-24-5)12-15-10-11-20-18(13-15)17-8-6-7-9-19(17)25-20/h6-13,24-25H,14H2,1-5H3. The molecule has 27 heavy (non-hydrogen) atoms. The van der Waals surface area contributed by atoms with Gasteiger partial charge in [0, 0.05) is 28.4 Å². The van der Waals surface area contributed by atoms with Crippen molar-refractivity contribution in [2.45, 2.75) is 38.9 Å². The van der Waals surface area contributed by atoms with E-state index in [0.717, 1.165) is 22.1 Å². The fraction of sp³-hybridized carbons (Fsp3) is 0.364. The van der Waals surface area contributed by atoms with E-state index in [2.05, 4.69) is 86.5 Å². The van der Waals surface area contributed by atoms with Crippen LogP contribution >= 0.6 is 0 Å². The minimum Gasteiger partial charge on any atom is -0.400 e. The van der Waals surface area contributed by atoms with Crippen LogP contribution in [-0.4, -0.2) is 36.9 Å². The van der Waals surface area contributed by atoms with Gasteiger partial charge in [-0.2, -0.15) is 0 Å². The zero-order valence-corrected chi connectivity index (χ0v) is 16.7. The molecule has 0 aliphatic carbocycles. The minimum absolute atomic E-state index is 0.342. The van der Waals surface area contributed by atoms with Gasteiger partial charge < -0.3 is 19.6 Å². The summed E-state index contributed by atoms with van der Waals surface area (Å²) < 4.78 is 12.5. The van der Waals surface area contributed by atoms with Crippen molar-refractivity contribution in [1.29, 1.82) is 0 Å². The normalized spacial score (nSPS) is 19.3. The zero-order valence-electron chi connectivity index (χ0n) is 16.7. The average Bonchev–Trinajstić information content (AvgIpc) is 3.08. The third-order valence-electron chi connectivity index (χ3n) is 5.82. The van der Waals surface area contributed by atoms with E-state index in [1.807, 2.05) is 7.05 Å². The molecular formula is C22H27BN2O2. The molecule has 0 spiro atoms. The van der Waals surface area contributed by atoms with Gasteiger partial charge in [-0.1, -0.05) is 30.3 Å². The van der Waals surface area contributed by atoms with Gasteiger partial charge in [-0.3, -0.25) is 0 Å². The van der Waals surface area contributed by atoms with Gasteiger partial charge in [-0.15, -0.1) is 0 Å². The lowest BCUT2D eigenvalue weighted by atomic mass is 9.77. The fourth-order valence-electron chi connectivity index (χ4n) is 3.57. The number of likely N-dealkylation sites (N-methyl/N-ethyl adjacent to an activating group) is 1. The second-order valence-corrected chi connectivity index (χ2v) is 8.31. The van der Waals surface area contributed by atoms with E-state index < -0.39 is 0 Å². The monoisotopic (exact) mass is 362 g/mol. The fourth-order valence-corrected chi connectivity index (χ4v) is 3.57. The number of aromatic amines is 1. The zero-order chi connectivity index (χ0) is 19.2. The van der Waals surface area contributed by atoms with Crippen molar-refractivity contribution in [1.82, 2.24) is 10.3 Å². The Morgan fingerprint density at radius 1 is 1.00 bits per heavy atom. The van der Waals surface area contributed by atoms with E-state index >= 15 is 0 Å². The summed E-state index contributed by atoms with van der Waals surface area (Å²) in [5.41, 5.74) is 3.87. The minimum atomic E-state index is -0.346. The van der Waals surface area contributed by atoms with Gasteiger partial charge in [0.1, 0.15) is 0 Å². The molecule has 0 radical (unpaired) electrons. The van der Waals surface area contributed by atoms with Crippen molar-refractivity contribution in [3.05, 3.63) is 53.5 Å². The smallest absolute Gasteiger partial charge is 0.400 e. The van der Waals surface area contributed by atoms with Crippen LogP contribution in [-0.2, 0) is 9.31 Å². The SMILES string of the molecule is CNCC(=Cc1ccc2[nH]c3ccccc3c2c1)B1OC(C)(C)C(C)(C)O1. The maximum absolute atomic E-state index is 6.26. The topological polar surface area (TPSA) is 46.3 Å². The summed E-state index contributed by atoms with van der Waals surface area (Å²) in [7, 11) is 1.60. The Balaban J connectivity index is 1.74. The molecule has 1 aliphatic rings. The van der Waals surface area contributed by atoms with Crippen molar-refractivity contribution in [2.75, 3.05) is 13.6 Å². The molecule has 2 aromatic carbocycles. The highest BCUT2D eigenvalue weighted by Crippen LogP contribution is 2.39. The van der Waals surface area contributed by atoms with Gasteiger partial charge in [0.25, 0.3) is 0 Å². The first kappa shape index (κ1) is 18.3. The highest BCUT2D eigenvalue weighted by Gasteiger charge is 2.52. The molecule has 140 valence electrons. The number of hydrogen-bond donors (Lipinski definition) is 2. The second kappa shape index (κ2) is 6.52. The van der Waals surface area contributed by atoms with Gasteiger partial charge in [-0.25, -0.2) is 0 Å². The number of benzene rings is 2. The van der Waals surface area contributed by atoms with E-state index in [1.54, 1.807) is 0 Å². The summed E-state index contributed by atoms with van der Waals surface area (Å²) in [6.45, 7) is 9.05. The lowest BCUT2D eigenvalue weighted by molar-refractivity contribution is 0.00578. The van der Waals surface area contributed by atoms with E-state index in [1.165, 1.54) is 10.8 Å². The molecule has 0 bridgehead atoms. The summed E-state index contributed by atoms with van der Waals surface area (Å²) in [6, 6.07) is 14.9. The molecule has 1 aliphatic heterocycles. The molecule has 5 heteroatoms. The lowest BCUT2D eigenvalue weighted by Crippen LogP contribution is -2.41. The molecule has 4 nitrogen and oxygen atoms in total. The molecule has 2 N–H and O–H groups in total. The quantitative estimate of drug-likeness (QED) is 0.669. The number of aromatic nitrogens is 1. The first-order chi connectivity index (χ1) is 12.8. The number of hydrogen-bond acceptors (Lipinski definition) is 3. The van der Waals surface area contributed by atoms with E-state index in [9.17, 15) is 0 Å². The lowest BCUT2D eigenvalue weighted by Gasteiger charge is -2.32. The Labute approximate surface area is 161 Å². The van der Waals surface area contributed by atoms with E-state index in [-0.39, 0.29) is 18.3 Å². The average molecular weight is 362 g/mol. The third kappa shape index (κ3) is 3.20. The Hall–Kier alpha value is -2.08. The summed E-state index contributed by atoms with van der Waals surface area (Å²) in [5.74, 6) is 0. The molecule has 3 aromatic rings. The molecule has 0 amide bonds. The molecule has 0 unspecified atom stereocenters. The Morgan fingerprint density at radius 2 is 1.67 bits per heavy atom. The highest BCUT2D eigenvalue weighted by atomic mass is 16.7. The van der Waals surface area contributed by atoms with Crippen LogP contribution in [0.5, 0.6) is 0 Å². The van der Waals surface area contributed by atoms with Crippen LogP contribution < -0.4 is 5.32 Å². The molecule has 1 fully saturated rings. The molecular weight excluding hydrogens is 335 g/mol. The predicted molar refractivity (Wildman–Crippen MR) is 114 cm³/mol.